The van der Waals surface area contributed by atoms with Crippen molar-refractivity contribution in [2.24, 2.45) is 5.73 Å². The highest BCUT2D eigenvalue weighted by Gasteiger charge is 2.25. The van der Waals surface area contributed by atoms with Gasteiger partial charge in [0.25, 0.3) is 5.91 Å². The van der Waals surface area contributed by atoms with E-state index in [1.54, 1.807) is 30.3 Å². The molecular weight excluding hydrogens is 422 g/mol. The number of aromatic nitrogens is 1. The summed E-state index contributed by atoms with van der Waals surface area (Å²) >= 11 is 1.51. The molecule has 32 heavy (non-hydrogen) atoms. The Kier molecular flexibility index (Phi) is 5.01. The number of fused-ring (bicyclic) bond motifs is 1. The summed E-state index contributed by atoms with van der Waals surface area (Å²) in [5.41, 5.74) is 8.79. The summed E-state index contributed by atoms with van der Waals surface area (Å²) in [6, 6.07) is 22.1. The van der Waals surface area contributed by atoms with E-state index in [0.717, 1.165) is 16.3 Å². The van der Waals surface area contributed by atoms with Crippen LogP contribution in [0.1, 0.15) is 20.7 Å². The molecule has 7 heteroatoms. The second kappa shape index (κ2) is 8.13. The van der Waals surface area contributed by atoms with Gasteiger partial charge in [-0.15, -0.1) is 0 Å². The van der Waals surface area contributed by atoms with Gasteiger partial charge in [0.05, 0.1) is 5.56 Å². The molecule has 0 bridgehead atoms. The fourth-order valence-corrected chi connectivity index (χ4v) is 4.28. The van der Waals surface area contributed by atoms with Crippen molar-refractivity contribution in [2.45, 2.75) is 0 Å². The van der Waals surface area contributed by atoms with Gasteiger partial charge in [0, 0.05) is 27.6 Å². The van der Waals surface area contributed by atoms with E-state index >= 15 is 0 Å². The third-order valence-corrected chi connectivity index (χ3v) is 5.87. The second-order valence-electron chi connectivity index (χ2n) is 7.17. The van der Waals surface area contributed by atoms with Crippen molar-refractivity contribution < 1.29 is 14.1 Å². The predicted octanol–water partition coefficient (Wildman–Crippen LogP) is 5.57. The third-order valence-electron chi connectivity index (χ3n) is 5.19. The Balaban J connectivity index is 1.60. The molecule has 2 amide bonds. The number of carbonyl (C=O) groups is 2. The molecule has 0 fully saturated rings. The average molecular weight is 439 g/mol. The van der Waals surface area contributed by atoms with E-state index in [-0.39, 0.29) is 11.8 Å². The molecule has 2 aromatic heterocycles. The van der Waals surface area contributed by atoms with Crippen molar-refractivity contribution in [3.63, 3.8) is 0 Å². The van der Waals surface area contributed by atoms with Crippen LogP contribution in [0.4, 0.5) is 5.88 Å². The molecule has 0 aliphatic rings. The van der Waals surface area contributed by atoms with E-state index in [2.05, 4.69) is 10.5 Å². The standard InChI is InChI=1S/C25H17N3O3S/c26-23(29)20-8-4-3-7-19(20)21-22(18-11-12-32-14-18)28-31-25(21)27-24(30)17-10-9-15-5-1-2-6-16(15)13-17/h1-14H,(H2,26,29)(H,27,30). The van der Waals surface area contributed by atoms with Crippen LogP contribution in [0.25, 0.3) is 33.2 Å². The lowest BCUT2D eigenvalue weighted by atomic mass is 9.97. The van der Waals surface area contributed by atoms with E-state index in [0.29, 0.717) is 27.9 Å². The van der Waals surface area contributed by atoms with Crippen LogP contribution in [0.15, 0.2) is 88.1 Å². The summed E-state index contributed by atoms with van der Waals surface area (Å²) in [4.78, 5) is 25.1. The molecule has 0 atom stereocenters. The van der Waals surface area contributed by atoms with Crippen LogP contribution in [0, 0.1) is 0 Å². The van der Waals surface area contributed by atoms with Gasteiger partial charge in [-0.3, -0.25) is 14.9 Å². The summed E-state index contributed by atoms with van der Waals surface area (Å²) in [6.45, 7) is 0. The van der Waals surface area contributed by atoms with Gasteiger partial charge in [-0.1, -0.05) is 53.7 Å². The Morgan fingerprint density at radius 3 is 2.50 bits per heavy atom. The maximum absolute atomic E-state index is 13.1. The number of thiophene rings is 1. The topological polar surface area (TPSA) is 98.2 Å². The first kappa shape index (κ1) is 19.7. The highest BCUT2D eigenvalue weighted by Crippen LogP contribution is 2.40. The highest BCUT2D eigenvalue weighted by atomic mass is 32.1. The zero-order valence-electron chi connectivity index (χ0n) is 16.7. The highest BCUT2D eigenvalue weighted by molar-refractivity contribution is 7.08. The van der Waals surface area contributed by atoms with Gasteiger partial charge in [-0.05, 0) is 40.4 Å². The molecule has 3 N–H and O–H groups in total. The number of hydrogen-bond acceptors (Lipinski definition) is 5. The summed E-state index contributed by atoms with van der Waals surface area (Å²) in [5.74, 6) is -0.774. The summed E-state index contributed by atoms with van der Waals surface area (Å²) in [7, 11) is 0. The van der Waals surface area contributed by atoms with E-state index < -0.39 is 5.91 Å². The van der Waals surface area contributed by atoms with Gasteiger partial charge in [-0.2, -0.15) is 11.3 Å². The zero-order chi connectivity index (χ0) is 22.1. The van der Waals surface area contributed by atoms with Crippen molar-refractivity contribution in [2.75, 3.05) is 5.32 Å². The number of nitrogens with zero attached hydrogens (tertiary/aromatic N) is 1. The van der Waals surface area contributed by atoms with Crippen LogP contribution < -0.4 is 11.1 Å². The number of amides is 2. The lowest BCUT2D eigenvalue weighted by Gasteiger charge is -2.09. The number of nitrogens with one attached hydrogen (secondary N) is 1. The molecular formula is C25H17N3O3S. The van der Waals surface area contributed by atoms with Crippen LogP contribution in [-0.2, 0) is 0 Å². The summed E-state index contributed by atoms with van der Waals surface area (Å²) < 4.78 is 5.56. The molecule has 6 nitrogen and oxygen atoms in total. The van der Waals surface area contributed by atoms with Gasteiger partial charge in [0.15, 0.2) is 0 Å². The van der Waals surface area contributed by atoms with Crippen LogP contribution in [-0.4, -0.2) is 17.0 Å². The lowest BCUT2D eigenvalue weighted by Crippen LogP contribution is -2.14. The number of hydrogen-bond donors (Lipinski definition) is 2. The van der Waals surface area contributed by atoms with Crippen molar-refractivity contribution in [1.82, 2.24) is 5.16 Å². The minimum Gasteiger partial charge on any atom is -0.366 e. The summed E-state index contributed by atoms with van der Waals surface area (Å²) in [5, 5.41) is 12.9. The Morgan fingerprint density at radius 1 is 0.938 bits per heavy atom. The molecule has 0 saturated carbocycles. The lowest BCUT2D eigenvalue weighted by molar-refractivity contribution is 0.0998. The number of benzene rings is 3. The third kappa shape index (κ3) is 3.55. The molecule has 0 aliphatic heterocycles. The SMILES string of the molecule is NC(=O)c1ccccc1-c1c(-c2ccsc2)noc1NC(=O)c1ccc2ccccc2c1. The molecule has 5 aromatic rings. The maximum Gasteiger partial charge on any atom is 0.258 e. The molecule has 0 radical (unpaired) electrons. The monoisotopic (exact) mass is 439 g/mol. The van der Waals surface area contributed by atoms with Gasteiger partial charge in [0.1, 0.15) is 5.69 Å². The molecule has 0 spiro atoms. The Bertz CT molecular complexity index is 1450. The number of anilines is 1. The maximum atomic E-state index is 13.1. The number of primary amides is 1. The van der Waals surface area contributed by atoms with Gasteiger partial charge in [0.2, 0.25) is 11.8 Å². The Hall–Kier alpha value is -4.23. The van der Waals surface area contributed by atoms with Crippen LogP contribution in [0.3, 0.4) is 0 Å². The second-order valence-corrected chi connectivity index (χ2v) is 7.95. The molecule has 0 aliphatic carbocycles. The summed E-state index contributed by atoms with van der Waals surface area (Å²) in [6.07, 6.45) is 0. The largest absolute Gasteiger partial charge is 0.366 e. The Morgan fingerprint density at radius 2 is 1.72 bits per heavy atom. The number of nitrogens with two attached hydrogens (primary N) is 1. The van der Waals surface area contributed by atoms with Crippen molar-refractivity contribution >= 4 is 39.8 Å². The van der Waals surface area contributed by atoms with Crippen LogP contribution in [0.5, 0.6) is 0 Å². The van der Waals surface area contributed by atoms with Crippen LogP contribution in [0.2, 0.25) is 0 Å². The minimum absolute atomic E-state index is 0.151. The first-order chi connectivity index (χ1) is 15.6. The van der Waals surface area contributed by atoms with Crippen molar-refractivity contribution in [1.29, 1.82) is 0 Å². The number of carbonyl (C=O) groups excluding carboxylic acids is 2. The predicted molar refractivity (Wildman–Crippen MR) is 126 cm³/mol. The van der Waals surface area contributed by atoms with Crippen LogP contribution >= 0.6 is 11.3 Å². The quantitative estimate of drug-likeness (QED) is 0.374. The van der Waals surface area contributed by atoms with E-state index in [9.17, 15) is 9.59 Å². The Labute approximate surface area is 187 Å². The van der Waals surface area contributed by atoms with Gasteiger partial charge < -0.3 is 10.3 Å². The smallest absolute Gasteiger partial charge is 0.258 e. The first-order valence-corrected chi connectivity index (χ1v) is 10.8. The molecule has 0 saturated heterocycles. The van der Waals surface area contributed by atoms with E-state index in [1.807, 2.05) is 53.2 Å². The minimum atomic E-state index is -0.579. The fourth-order valence-electron chi connectivity index (χ4n) is 3.64. The average Bonchev–Trinajstić information content (AvgIpc) is 3.48. The molecule has 0 unspecified atom stereocenters. The molecule has 156 valence electrons. The van der Waals surface area contributed by atoms with Gasteiger partial charge >= 0.3 is 0 Å². The van der Waals surface area contributed by atoms with Gasteiger partial charge in [-0.25, -0.2) is 0 Å². The first-order valence-electron chi connectivity index (χ1n) is 9.83. The molecule has 3 aromatic carbocycles. The normalized spacial score (nSPS) is 10.9. The molecule has 5 rings (SSSR count). The van der Waals surface area contributed by atoms with Crippen molar-refractivity contribution in [3.05, 3.63) is 94.7 Å². The zero-order valence-corrected chi connectivity index (χ0v) is 17.6. The van der Waals surface area contributed by atoms with Crippen molar-refractivity contribution in [3.8, 4) is 22.4 Å². The molecule has 2 heterocycles. The van der Waals surface area contributed by atoms with E-state index in [4.69, 9.17) is 10.3 Å². The van der Waals surface area contributed by atoms with E-state index in [1.165, 1.54) is 11.3 Å². The number of rotatable bonds is 5. The fraction of sp³-hybridized carbons (Fsp3) is 0.